The molecule has 5 aliphatic rings. The van der Waals surface area contributed by atoms with E-state index in [1.54, 1.807) is 30.3 Å². The third kappa shape index (κ3) is 2.47. The highest BCUT2D eigenvalue weighted by molar-refractivity contribution is 6.08. The summed E-state index contributed by atoms with van der Waals surface area (Å²) in [5, 5.41) is 0. The van der Waals surface area contributed by atoms with Gasteiger partial charge in [0, 0.05) is 5.56 Å². The van der Waals surface area contributed by atoms with Crippen molar-refractivity contribution in [3.8, 4) is 0 Å². The van der Waals surface area contributed by atoms with Crippen LogP contribution in [-0.4, -0.2) is 41.1 Å². The van der Waals surface area contributed by atoms with Gasteiger partial charge in [0.05, 0.1) is 11.8 Å². The molecule has 6 heteroatoms. The number of nitrogens with zero attached hydrogens (tertiary/aromatic N) is 1. The molecular formula is C22H21NO5. The number of allylic oxidation sites excluding steroid dienone is 2. The van der Waals surface area contributed by atoms with Crippen molar-refractivity contribution < 1.29 is 23.9 Å². The predicted octanol–water partition coefficient (Wildman–Crippen LogP) is 1.85. The van der Waals surface area contributed by atoms with Gasteiger partial charge in [-0.3, -0.25) is 24.1 Å². The largest absolute Gasteiger partial charge is 0.453 e. The molecule has 6 rings (SSSR count). The summed E-state index contributed by atoms with van der Waals surface area (Å²) < 4.78 is 5.23. The third-order valence-corrected chi connectivity index (χ3v) is 6.78. The molecule has 2 bridgehead atoms. The molecule has 2 amide bonds. The second kappa shape index (κ2) is 6.12. The van der Waals surface area contributed by atoms with Crippen molar-refractivity contribution in [3.05, 3.63) is 48.0 Å². The van der Waals surface area contributed by atoms with Crippen LogP contribution in [-0.2, 0) is 19.1 Å². The topological polar surface area (TPSA) is 80.8 Å². The van der Waals surface area contributed by atoms with Crippen LogP contribution in [0.2, 0.25) is 0 Å². The smallest absolute Gasteiger partial charge is 0.326 e. The number of ketones is 1. The first kappa shape index (κ1) is 17.3. The minimum absolute atomic E-state index is 0.121. The molecule has 1 heterocycles. The summed E-state index contributed by atoms with van der Waals surface area (Å²) in [5.74, 6) is -0.965. The van der Waals surface area contributed by atoms with Crippen LogP contribution >= 0.6 is 0 Å². The van der Waals surface area contributed by atoms with Gasteiger partial charge in [-0.15, -0.1) is 0 Å². The van der Waals surface area contributed by atoms with Crippen molar-refractivity contribution in [3.63, 3.8) is 0 Å². The van der Waals surface area contributed by atoms with Crippen LogP contribution in [0.5, 0.6) is 0 Å². The summed E-state index contributed by atoms with van der Waals surface area (Å²) in [6.07, 6.45) is 4.30. The van der Waals surface area contributed by atoms with Gasteiger partial charge in [0.2, 0.25) is 17.6 Å². The van der Waals surface area contributed by atoms with Gasteiger partial charge < -0.3 is 4.74 Å². The average molecular weight is 379 g/mol. The van der Waals surface area contributed by atoms with Crippen LogP contribution in [0.15, 0.2) is 42.5 Å². The van der Waals surface area contributed by atoms with Gasteiger partial charge in [-0.1, -0.05) is 42.5 Å². The van der Waals surface area contributed by atoms with Crippen molar-refractivity contribution in [2.45, 2.75) is 19.4 Å². The number of benzene rings is 1. The number of likely N-dealkylation sites (tertiary alicyclic amines) is 1. The Morgan fingerprint density at radius 3 is 2.18 bits per heavy atom. The monoisotopic (exact) mass is 379 g/mol. The fourth-order valence-corrected chi connectivity index (χ4v) is 5.43. The van der Waals surface area contributed by atoms with E-state index in [4.69, 9.17) is 4.74 Å². The van der Waals surface area contributed by atoms with E-state index in [2.05, 4.69) is 12.2 Å². The fourth-order valence-electron chi connectivity index (χ4n) is 5.43. The highest BCUT2D eigenvalue weighted by Crippen LogP contribution is 2.65. The van der Waals surface area contributed by atoms with Gasteiger partial charge >= 0.3 is 5.97 Å². The summed E-state index contributed by atoms with van der Waals surface area (Å²) >= 11 is 0. The summed E-state index contributed by atoms with van der Waals surface area (Å²) in [5.41, 5.74) is 0.448. The van der Waals surface area contributed by atoms with Gasteiger partial charge in [-0.25, -0.2) is 0 Å². The first-order valence-electron chi connectivity index (χ1n) is 9.79. The molecule has 4 aliphatic carbocycles. The van der Waals surface area contributed by atoms with Crippen molar-refractivity contribution in [1.82, 2.24) is 4.90 Å². The fraction of sp³-hybridized carbons (Fsp3) is 0.455. The van der Waals surface area contributed by atoms with Crippen molar-refractivity contribution in [1.29, 1.82) is 0 Å². The number of amides is 2. The van der Waals surface area contributed by atoms with E-state index >= 15 is 0 Å². The zero-order valence-corrected chi connectivity index (χ0v) is 15.5. The second-order valence-electron chi connectivity index (χ2n) is 8.28. The number of esters is 1. The summed E-state index contributed by atoms with van der Waals surface area (Å²) in [6.45, 7) is 1.07. The van der Waals surface area contributed by atoms with Crippen LogP contribution in [0.25, 0.3) is 0 Å². The number of rotatable bonds is 5. The molecule has 1 aromatic carbocycles. The van der Waals surface area contributed by atoms with Crippen LogP contribution in [0, 0.1) is 35.5 Å². The van der Waals surface area contributed by atoms with E-state index in [1.807, 2.05) is 0 Å². The van der Waals surface area contributed by atoms with E-state index in [0.29, 0.717) is 17.4 Å². The van der Waals surface area contributed by atoms with Gasteiger partial charge in [0.1, 0.15) is 6.54 Å². The molecule has 0 N–H and O–H groups in total. The molecule has 1 saturated heterocycles. The van der Waals surface area contributed by atoms with Crippen molar-refractivity contribution in [2.24, 2.45) is 35.5 Å². The average Bonchev–Trinajstić information content (AvgIpc) is 3.49. The first-order valence-corrected chi connectivity index (χ1v) is 9.79. The Bertz CT molecular complexity index is 871. The molecule has 3 fully saturated rings. The van der Waals surface area contributed by atoms with Gasteiger partial charge in [-0.05, 0) is 37.0 Å². The first-order chi connectivity index (χ1) is 13.5. The normalized spacial score (nSPS) is 35.4. The molecule has 144 valence electrons. The number of Topliss-reactive ketones (excluding diaryl/α,β-unsaturated/α-hetero) is 1. The number of carbonyl (C=O) groups excluding carboxylic acids is 4. The zero-order chi connectivity index (χ0) is 19.6. The Labute approximate surface area is 162 Å². The Hall–Kier alpha value is -2.76. The second-order valence-corrected chi connectivity index (χ2v) is 8.28. The maximum atomic E-state index is 12.9. The molecule has 28 heavy (non-hydrogen) atoms. The summed E-state index contributed by atoms with van der Waals surface area (Å²) in [4.78, 5) is 51.5. The Morgan fingerprint density at radius 2 is 1.61 bits per heavy atom. The zero-order valence-electron chi connectivity index (χ0n) is 15.5. The van der Waals surface area contributed by atoms with Gasteiger partial charge in [0.25, 0.3) is 0 Å². The summed E-state index contributed by atoms with van der Waals surface area (Å²) in [7, 11) is 0. The minimum atomic E-state index is -0.976. The number of ether oxygens (including phenoxy) is 1. The molecular weight excluding hydrogens is 358 g/mol. The quantitative estimate of drug-likeness (QED) is 0.338. The van der Waals surface area contributed by atoms with Crippen LogP contribution in [0.3, 0.4) is 0 Å². The van der Waals surface area contributed by atoms with Gasteiger partial charge in [0.15, 0.2) is 6.10 Å². The molecule has 1 aliphatic heterocycles. The molecule has 6 nitrogen and oxygen atoms in total. The molecule has 7 atom stereocenters. The lowest BCUT2D eigenvalue weighted by Gasteiger charge is -2.37. The van der Waals surface area contributed by atoms with Crippen LogP contribution in [0.1, 0.15) is 23.7 Å². The Balaban J connectivity index is 1.26. The van der Waals surface area contributed by atoms with E-state index in [-0.39, 0.29) is 41.3 Å². The highest BCUT2D eigenvalue weighted by atomic mass is 16.5. The molecule has 0 aromatic heterocycles. The van der Waals surface area contributed by atoms with E-state index < -0.39 is 18.6 Å². The third-order valence-electron chi connectivity index (χ3n) is 6.78. The Kier molecular flexibility index (Phi) is 3.79. The van der Waals surface area contributed by atoms with Crippen LogP contribution in [0.4, 0.5) is 0 Å². The molecule has 2 saturated carbocycles. The van der Waals surface area contributed by atoms with Crippen molar-refractivity contribution >= 4 is 23.6 Å². The SMILES string of the molecule is C[C@H](OC(=O)CN1C(=O)[C@@H]2[C@H]3C=C[C@@H]([C@@H]4C[C@@H]34)[C@@H]2C1=O)C(=O)c1ccccc1. The molecule has 0 unspecified atom stereocenters. The lowest BCUT2D eigenvalue weighted by molar-refractivity contribution is -0.154. The number of hydrogen-bond acceptors (Lipinski definition) is 5. The molecule has 0 spiro atoms. The lowest BCUT2D eigenvalue weighted by atomic mass is 9.63. The molecule has 1 aromatic rings. The standard InChI is InChI=1S/C22H21NO5/c1-11(20(25)12-5-3-2-4-6-12)28-17(24)10-23-21(26)18-13-7-8-14(16-9-15(13)16)19(18)22(23)27/h2-8,11,13-16,18-19H,9-10H2,1H3/t11-,13-,14-,15-,16-,18-,19+/m0/s1. The molecule has 0 radical (unpaired) electrons. The lowest BCUT2D eigenvalue weighted by Crippen LogP contribution is -2.40. The highest BCUT2D eigenvalue weighted by Gasteiger charge is 2.67. The maximum absolute atomic E-state index is 12.9. The van der Waals surface area contributed by atoms with E-state index in [9.17, 15) is 19.2 Å². The Morgan fingerprint density at radius 1 is 1.04 bits per heavy atom. The van der Waals surface area contributed by atoms with E-state index in [0.717, 1.165) is 11.3 Å². The number of carbonyl (C=O) groups is 4. The van der Waals surface area contributed by atoms with Crippen molar-refractivity contribution in [2.75, 3.05) is 6.54 Å². The van der Waals surface area contributed by atoms with Crippen LogP contribution < -0.4 is 0 Å². The number of imide groups is 1. The maximum Gasteiger partial charge on any atom is 0.326 e. The van der Waals surface area contributed by atoms with Gasteiger partial charge in [-0.2, -0.15) is 0 Å². The minimum Gasteiger partial charge on any atom is -0.453 e. The predicted molar refractivity (Wildman–Crippen MR) is 97.7 cm³/mol. The summed E-state index contributed by atoms with van der Waals surface area (Å²) in [6, 6.07) is 8.57. The van der Waals surface area contributed by atoms with E-state index in [1.165, 1.54) is 6.92 Å². The number of hydrogen-bond donors (Lipinski definition) is 0.